The molecule has 1 unspecified atom stereocenters. The standard InChI is InChI=1S/C65H82N4O17/c1-15-37(2)57(75)67-46(43-22-18-16-19-23-43)32-51(73)83-47-34-65(78)56(85-58(76)44-24-20-17-21-25-44)54-63(13,55(74)53(82-40(5)70)52(38(47)3)62(65,11)12)48(33-49-64(54,36-80-49)86-41(6)71)84-59(77)66-45-28-26-42(27-29-45)39(4)68-69-50(72)35-61(9,10)81-31-30-60(7,8)79-14/h15-29,46-49,53-54,56,78H,30-36H2,1-14H3,(H,66,77)(H,67,75)(H,69,72)/b37-15+,68-39-/t46-,47+,48+,49-,53-,54?,56+,63-,64+,65-/m1/s1. The molecule has 1 heterocycles. The Kier molecular flexibility index (Phi) is 20.1. The number of ketones is 1. The van der Waals surface area contributed by atoms with E-state index in [1.165, 1.54) is 19.1 Å². The molecule has 464 valence electrons. The molecular formula is C65H82N4O17. The van der Waals surface area contributed by atoms with E-state index in [-0.39, 0.29) is 53.4 Å². The zero-order chi connectivity index (χ0) is 63.3. The first kappa shape index (κ1) is 65.9. The lowest BCUT2D eigenvalue weighted by molar-refractivity contribution is -0.345. The largest absolute Gasteiger partial charge is 0.458 e. The van der Waals surface area contributed by atoms with Gasteiger partial charge in [-0.05, 0) is 115 Å². The summed E-state index contributed by atoms with van der Waals surface area (Å²) in [4.78, 5) is 113. The van der Waals surface area contributed by atoms with Gasteiger partial charge in [0.25, 0.3) is 0 Å². The van der Waals surface area contributed by atoms with Crippen molar-refractivity contribution in [1.82, 2.24) is 10.7 Å². The molecule has 3 amide bonds. The molecule has 4 aliphatic rings. The van der Waals surface area contributed by atoms with Gasteiger partial charge in [0.15, 0.2) is 17.5 Å². The molecule has 4 N–H and O–H groups in total. The first-order valence-electron chi connectivity index (χ1n) is 28.8. The van der Waals surface area contributed by atoms with Crippen molar-refractivity contribution in [3.63, 3.8) is 0 Å². The molecule has 0 aromatic heterocycles. The molecule has 1 saturated heterocycles. The van der Waals surface area contributed by atoms with Gasteiger partial charge in [0, 0.05) is 50.5 Å². The van der Waals surface area contributed by atoms with Gasteiger partial charge in [-0.2, -0.15) is 5.10 Å². The van der Waals surface area contributed by atoms with Crippen LogP contribution in [0.3, 0.4) is 0 Å². The Morgan fingerprint density at radius 3 is 2.05 bits per heavy atom. The third-order valence-corrected chi connectivity index (χ3v) is 17.6. The summed E-state index contributed by atoms with van der Waals surface area (Å²) in [6.07, 6.45) is -7.86. The molecule has 21 heteroatoms. The van der Waals surface area contributed by atoms with Crippen LogP contribution in [0.4, 0.5) is 10.5 Å². The van der Waals surface area contributed by atoms with Gasteiger partial charge in [0.1, 0.15) is 30.0 Å². The number of anilines is 1. The highest BCUT2D eigenvalue weighted by atomic mass is 16.6. The fourth-order valence-electron chi connectivity index (χ4n) is 12.3. The molecule has 3 aromatic rings. The number of hydrazone groups is 1. The first-order valence-corrected chi connectivity index (χ1v) is 28.8. The van der Waals surface area contributed by atoms with Gasteiger partial charge in [0.05, 0.1) is 65.9 Å². The second-order valence-corrected chi connectivity index (χ2v) is 24.7. The van der Waals surface area contributed by atoms with Crippen molar-refractivity contribution in [1.29, 1.82) is 0 Å². The maximum atomic E-state index is 16.4. The van der Waals surface area contributed by atoms with Crippen LogP contribution in [-0.2, 0) is 66.7 Å². The number of carbonyl (C=O) groups excluding carboxylic acids is 8. The van der Waals surface area contributed by atoms with Crippen LogP contribution in [0, 0.1) is 16.7 Å². The summed E-state index contributed by atoms with van der Waals surface area (Å²) in [5, 5.41) is 24.1. The number of nitrogens with zero attached hydrogens (tertiary/aromatic N) is 1. The van der Waals surface area contributed by atoms with Crippen LogP contribution in [0.1, 0.15) is 150 Å². The van der Waals surface area contributed by atoms with Gasteiger partial charge in [-0.25, -0.2) is 15.0 Å². The molecule has 2 saturated carbocycles. The van der Waals surface area contributed by atoms with Crippen LogP contribution in [-0.4, -0.2) is 132 Å². The zero-order valence-electron chi connectivity index (χ0n) is 51.6. The highest BCUT2D eigenvalue weighted by Gasteiger charge is 2.79. The van der Waals surface area contributed by atoms with Gasteiger partial charge in [0.2, 0.25) is 11.8 Å². The second kappa shape index (κ2) is 26.2. The molecule has 3 fully saturated rings. The zero-order valence-corrected chi connectivity index (χ0v) is 51.6. The predicted octanol–water partition coefficient (Wildman–Crippen LogP) is 8.51. The van der Waals surface area contributed by atoms with Gasteiger partial charge in [-0.15, -0.1) is 0 Å². The Morgan fingerprint density at radius 1 is 0.826 bits per heavy atom. The second-order valence-electron chi connectivity index (χ2n) is 24.7. The number of rotatable bonds is 21. The van der Waals surface area contributed by atoms with E-state index in [0.29, 0.717) is 35.4 Å². The minimum absolute atomic E-state index is 0.00675. The number of aliphatic hydroxyl groups is 1. The van der Waals surface area contributed by atoms with E-state index in [1.54, 1.807) is 128 Å². The van der Waals surface area contributed by atoms with Gasteiger partial charge >= 0.3 is 30.0 Å². The van der Waals surface area contributed by atoms with Gasteiger partial charge in [-0.1, -0.05) is 80.6 Å². The maximum Gasteiger partial charge on any atom is 0.411 e. The Hall–Kier alpha value is -7.59. The Labute approximate surface area is 502 Å². The number of benzene rings is 3. The van der Waals surface area contributed by atoms with Crippen LogP contribution < -0.4 is 16.1 Å². The Morgan fingerprint density at radius 2 is 1.47 bits per heavy atom. The normalized spacial score (nSPS) is 26.6. The number of nitrogens with one attached hydrogen (secondary N) is 3. The number of allylic oxidation sites excluding steroid dienone is 1. The summed E-state index contributed by atoms with van der Waals surface area (Å²) in [6.45, 7) is 21.0. The molecule has 2 bridgehead atoms. The number of fused-ring (bicyclic) bond motifs is 5. The topological polar surface area (TPSA) is 279 Å². The summed E-state index contributed by atoms with van der Waals surface area (Å²) in [6, 6.07) is 22.2. The number of hydrogen-bond acceptors (Lipinski definition) is 18. The van der Waals surface area contributed by atoms with Crippen LogP contribution in [0.25, 0.3) is 0 Å². The third-order valence-electron chi connectivity index (χ3n) is 17.6. The monoisotopic (exact) mass is 1190 g/mol. The summed E-state index contributed by atoms with van der Waals surface area (Å²) in [5.41, 5.74) is -4.28. The number of Topliss-reactive ketones (excluding diaryl/α,β-unsaturated/α-hetero) is 1. The summed E-state index contributed by atoms with van der Waals surface area (Å²) >= 11 is 0. The summed E-state index contributed by atoms with van der Waals surface area (Å²) in [5.74, 6) is -6.88. The molecular weight excluding hydrogens is 1110 g/mol. The number of carbonyl (C=O) groups is 8. The lowest BCUT2D eigenvalue weighted by atomic mass is 9.44. The average Bonchev–Trinajstić information content (AvgIpc) is 0.712. The summed E-state index contributed by atoms with van der Waals surface area (Å²) < 4.78 is 49.3. The molecule has 10 atom stereocenters. The van der Waals surface area contributed by atoms with Crippen molar-refractivity contribution in [2.45, 2.75) is 181 Å². The molecule has 86 heavy (non-hydrogen) atoms. The number of amides is 3. The third kappa shape index (κ3) is 14.0. The smallest absolute Gasteiger partial charge is 0.411 e. The summed E-state index contributed by atoms with van der Waals surface area (Å²) in [7, 11) is 1.63. The van der Waals surface area contributed by atoms with Crippen molar-refractivity contribution >= 4 is 59.0 Å². The van der Waals surface area contributed by atoms with Crippen LogP contribution in [0.2, 0.25) is 0 Å². The van der Waals surface area contributed by atoms with Crippen molar-refractivity contribution in [3.8, 4) is 0 Å². The number of hydrogen-bond donors (Lipinski definition) is 4. The molecule has 0 spiro atoms. The number of methoxy groups -OCH3 is 1. The van der Waals surface area contributed by atoms with E-state index >= 15 is 4.79 Å². The minimum Gasteiger partial charge on any atom is -0.458 e. The van der Waals surface area contributed by atoms with Crippen molar-refractivity contribution in [2.75, 3.05) is 25.6 Å². The van der Waals surface area contributed by atoms with Crippen molar-refractivity contribution < 1.29 is 81.4 Å². The lowest BCUT2D eigenvalue weighted by Gasteiger charge is -2.67. The van der Waals surface area contributed by atoms with Crippen LogP contribution >= 0.6 is 0 Å². The highest BCUT2D eigenvalue weighted by molar-refractivity contribution is 6.00. The van der Waals surface area contributed by atoms with E-state index in [4.69, 9.17) is 37.9 Å². The number of ether oxygens (including phenoxy) is 8. The molecule has 0 radical (unpaired) electrons. The van der Waals surface area contributed by atoms with Crippen molar-refractivity contribution in [3.05, 3.63) is 124 Å². The van der Waals surface area contributed by atoms with E-state index in [1.807, 2.05) is 27.7 Å². The highest BCUT2D eigenvalue weighted by Crippen LogP contribution is 2.65. The first-order chi connectivity index (χ1) is 40.3. The lowest BCUT2D eigenvalue weighted by Crippen LogP contribution is -2.82. The predicted molar refractivity (Wildman–Crippen MR) is 315 cm³/mol. The van der Waals surface area contributed by atoms with Crippen LogP contribution in [0.15, 0.2) is 113 Å². The number of esters is 4. The average molecular weight is 1190 g/mol. The molecule has 7 rings (SSSR count). The van der Waals surface area contributed by atoms with E-state index in [2.05, 4.69) is 21.2 Å². The van der Waals surface area contributed by atoms with Gasteiger partial charge in [-0.3, -0.25) is 34.1 Å². The van der Waals surface area contributed by atoms with Gasteiger partial charge < -0.3 is 48.3 Å². The minimum atomic E-state index is -2.44. The Bertz CT molecular complexity index is 3160. The van der Waals surface area contributed by atoms with E-state index < -0.39 is 125 Å². The Balaban J connectivity index is 1.26. The molecule has 21 nitrogen and oxygen atoms in total. The van der Waals surface area contributed by atoms with Crippen molar-refractivity contribution in [2.24, 2.45) is 21.8 Å². The van der Waals surface area contributed by atoms with E-state index in [9.17, 15) is 38.7 Å². The SMILES string of the molecule is C/C=C(\C)C(=O)N[C@H](CC(=O)O[C@H]1C[C@@]2(O)[C@@H](OC(=O)c3ccccc3)C3[C@](C)(C(=O)[C@H](OC(C)=O)C(=C1C)C2(C)C)[C@@H](OC(=O)Nc1ccc(/C(C)=N\NC(=O)CC(C)(C)OCCC(C)(C)OC)cc1)C[C@H]1OC[C@@]31OC(C)=O)c1ccccc1. The molecule has 1 aliphatic heterocycles. The van der Waals surface area contributed by atoms with E-state index in [0.717, 1.165) is 13.8 Å². The molecule has 3 aromatic carbocycles. The quantitative estimate of drug-likeness (QED) is 0.0194. The van der Waals surface area contributed by atoms with Crippen LogP contribution in [0.5, 0.6) is 0 Å². The fourth-order valence-corrected chi connectivity index (χ4v) is 12.3. The maximum absolute atomic E-state index is 16.4. The molecule has 3 aliphatic carbocycles. The fraction of sp³-hybridized carbons (Fsp3) is 0.523.